The van der Waals surface area contributed by atoms with Gasteiger partial charge in [-0.3, -0.25) is 0 Å². The fourth-order valence-electron chi connectivity index (χ4n) is 2.62. The normalized spacial score (nSPS) is 16.6. The molecular formula is C17H19N3O4. The molecular weight excluding hydrogens is 310 g/mol. The van der Waals surface area contributed by atoms with Crippen molar-refractivity contribution < 1.29 is 18.6 Å². The summed E-state index contributed by atoms with van der Waals surface area (Å²) in [5.74, 6) is 1.89. The molecule has 0 radical (unpaired) electrons. The summed E-state index contributed by atoms with van der Waals surface area (Å²) in [6.45, 7) is 1.37. The van der Waals surface area contributed by atoms with Gasteiger partial charge in [0, 0.05) is 18.7 Å². The molecule has 1 aliphatic rings. The first kappa shape index (κ1) is 16.1. The second-order valence-corrected chi connectivity index (χ2v) is 5.39. The number of anilines is 1. The fourth-order valence-corrected chi connectivity index (χ4v) is 2.62. The van der Waals surface area contributed by atoms with Crippen molar-refractivity contribution in [3.8, 4) is 29.0 Å². The summed E-state index contributed by atoms with van der Waals surface area (Å²) in [5, 5.41) is 12.4. The molecule has 2 heterocycles. The predicted octanol–water partition coefficient (Wildman–Crippen LogP) is 2.82. The average Bonchev–Trinajstić information content (AvgIpc) is 3.28. The van der Waals surface area contributed by atoms with Crippen LogP contribution in [-0.4, -0.2) is 38.5 Å². The van der Waals surface area contributed by atoms with Gasteiger partial charge in [0.25, 0.3) is 0 Å². The number of aromatic nitrogens is 1. The number of ether oxygens (including phenoxy) is 3. The van der Waals surface area contributed by atoms with Crippen LogP contribution < -0.4 is 14.8 Å². The van der Waals surface area contributed by atoms with Gasteiger partial charge < -0.3 is 23.9 Å². The first-order chi connectivity index (χ1) is 11.7. The standard InChI is InChI=1S/C17H19N3O4/c1-21-14-6-5-11(8-15(14)22-2)16-20-13(9-18)17(24-16)19-10-12-4-3-7-23-12/h5-6,8,12,19H,3-4,7,10H2,1-2H3/t12-/m0/s1. The van der Waals surface area contributed by atoms with Crippen LogP contribution in [0.5, 0.6) is 11.5 Å². The molecule has 1 N–H and O–H groups in total. The Morgan fingerprint density at radius 3 is 2.83 bits per heavy atom. The molecule has 0 bridgehead atoms. The van der Waals surface area contributed by atoms with Crippen molar-refractivity contribution in [3.63, 3.8) is 0 Å². The lowest BCUT2D eigenvalue weighted by Crippen LogP contribution is -2.18. The molecule has 126 valence electrons. The lowest BCUT2D eigenvalue weighted by Gasteiger charge is -2.09. The molecule has 24 heavy (non-hydrogen) atoms. The van der Waals surface area contributed by atoms with Crippen molar-refractivity contribution in [3.05, 3.63) is 23.9 Å². The van der Waals surface area contributed by atoms with Gasteiger partial charge in [-0.25, -0.2) is 0 Å². The zero-order chi connectivity index (χ0) is 16.9. The summed E-state index contributed by atoms with van der Waals surface area (Å²) in [5.41, 5.74) is 0.923. The highest BCUT2D eigenvalue weighted by Gasteiger charge is 2.19. The molecule has 1 aromatic heterocycles. The molecule has 0 aliphatic carbocycles. The Hall–Kier alpha value is -2.72. The summed E-state index contributed by atoms with van der Waals surface area (Å²) in [7, 11) is 3.13. The second-order valence-electron chi connectivity index (χ2n) is 5.39. The maximum atomic E-state index is 9.27. The van der Waals surface area contributed by atoms with Crippen molar-refractivity contribution in [2.75, 3.05) is 32.7 Å². The van der Waals surface area contributed by atoms with E-state index < -0.39 is 0 Å². The Morgan fingerprint density at radius 1 is 1.33 bits per heavy atom. The minimum Gasteiger partial charge on any atom is -0.493 e. The van der Waals surface area contributed by atoms with Crippen LogP contribution in [0.1, 0.15) is 18.5 Å². The third kappa shape index (κ3) is 3.29. The van der Waals surface area contributed by atoms with E-state index in [0.717, 1.165) is 19.4 Å². The van der Waals surface area contributed by atoms with Gasteiger partial charge in [0.15, 0.2) is 11.5 Å². The van der Waals surface area contributed by atoms with Crippen LogP contribution >= 0.6 is 0 Å². The number of rotatable bonds is 6. The maximum Gasteiger partial charge on any atom is 0.232 e. The van der Waals surface area contributed by atoms with E-state index in [1.807, 2.05) is 6.07 Å². The molecule has 0 unspecified atom stereocenters. The number of hydrogen-bond donors (Lipinski definition) is 1. The van der Waals surface area contributed by atoms with Crippen LogP contribution in [0.3, 0.4) is 0 Å². The van der Waals surface area contributed by atoms with Gasteiger partial charge in [0.2, 0.25) is 17.5 Å². The fraction of sp³-hybridized carbons (Fsp3) is 0.412. The van der Waals surface area contributed by atoms with Crippen LogP contribution in [0, 0.1) is 11.3 Å². The van der Waals surface area contributed by atoms with Crippen molar-refractivity contribution >= 4 is 5.88 Å². The Kier molecular flexibility index (Phi) is 4.87. The molecule has 3 rings (SSSR count). The molecule has 1 aliphatic heterocycles. The average molecular weight is 329 g/mol. The molecule has 1 aromatic carbocycles. The van der Waals surface area contributed by atoms with E-state index in [9.17, 15) is 5.26 Å². The zero-order valence-corrected chi connectivity index (χ0v) is 13.7. The summed E-state index contributed by atoms with van der Waals surface area (Å²) in [6.07, 6.45) is 2.21. The highest BCUT2D eigenvalue weighted by molar-refractivity contribution is 5.63. The third-order valence-electron chi connectivity index (χ3n) is 3.88. The van der Waals surface area contributed by atoms with Gasteiger partial charge in [-0.05, 0) is 31.0 Å². The SMILES string of the molecule is COc1ccc(-c2nc(C#N)c(NC[C@@H]3CCCO3)o2)cc1OC. The van der Waals surface area contributed by atoms with Crippen molar-refractivity contribution in [2.24, 2.45) is 0 Å². The van der Waals surface area contributed by atoms with Gasteiger partial charge >= 0.3 is 0 Å². The molecule has 1 fully saturated rings. The van der Waals surface area contributed by atoms with E-state index in [-0.39, 0.29) is 11.8 Å². The molecule has 0 spiro atoms. The molecule has 2 aromatic rings. The van der Waals surface area contributed by atoms with Gasteiger partial charge in [-0.1, -0.05) is 0 Å². The summed E-state index contributed by atoms with van der Waals surface area (Å²) >= 11 is 0. The Morgan fingerprint density at radius 2 is 2.17 bits per heavy atom. The van der Waals surface area contributed by atoms with Crippen molar-refractivity contribution in [1.82, 2.24) is 4.98 Å². The third-order valence-corrected chi connectivity index (χ3v) is 3.88. The highest BCUT2D eigenvalue weighted by atomic mass is 16.5. The number of nitriles is 1. The second kappa shape index (κ2) is 7.23. The van der Waals surface area contributed by atoms with E-state index in [1.54, 1.807) is 32.4 Å². The zero-order valence-electron chi connectivity index (χ0n) is 13.7. The van der Waals surface area contributed by atoms with Gasteiger partial charge in [-0.2, -0.15) is 10.2 Å². The Labute approximate surface area is 140 Å². The summed E-state index contributed by atoms with van der Waals surface area (Å²) < 4.78 is 21.8. The lowest BCUT2D eigenvalue weighted by molar-refractivity contribution is 0.120. The van der Waals surface area contributed by atoms with Crippen molar-refractivity contribution in [1.29, 1.82) is 5.26 Å². The summed E-state index contributed by atoms with van der Waals surface area (Å²) in [4.78, 5) is 4.25. The van der Waals surface area contributed by atoms with Crippen LogP contribution in [0.25, 0.3) is 11.5 Å². The Bertz CT molecular complexity index is 745. The van der Waals surface area contributed by atoms with Crippen LogP contribution in [-0.2, 0) is 4.74 Å². The van der Waals surface area contributed by atoms with Gasteiger partial charge in [0.1, 0.15) is 6.07 Å². The van der Waals surface area contributed by atoms with Crippen LogP contribution in [0.2, 0.25) is 0 Å². The smallest absolute Gasteiger partial charge is 0.232 e. The van der Waals surface area contributed by atoms with E-state index in [0.29, 0.717) is 35.4 Å². The molecule has 1 atom stereocenters. The number of benzene rings is 1. The van der Waals surface area contributed by atoms with Crippen LogP contribution in [0.15, 0.2) is 22.6 Å². The number of nitrogens with one attached hydrogen (secondary N) is 1. The molecule has 1 saturated heterocycles. The molecule has 7 heteroatoms. The first-order valence-electron chi connectivity index (χ1n) is 7.74. The van der Waals surface area contributed by atoms with Crippen molar-refractivity contribution in [2.45, 2.75) is 18.9 Å². The molecule has 7 nitrogen and oxygen atoms in total. The minimum atomic E-state index is 0.145. The molecule has 0 amide bonds. The van der Waals surface area contributed by atoms with Gasteiger partial charge in [0.05, 0.1) is 20.3 Å². The maximum absolute atomic E-state index is 9.27. The van der Waals surface area contributed by atoms with E-state index in [2.05, 4.69) is 10.3 Å². The Balaban J connectivity index is 1.82. The molecule has 0 saturated carbocycles. The number of oxazole rings is 1. The quantitative estimate of drug-likeness (QED) is 0.871. The number of nitrogens with zero attached hydrogens (tertiary/aromatic N) is 2. The topological polar surface area (TPSA) is 89.5 Å². The minimum absolute atomic E-state index is 0.145. The van der Waals surface area contributed by atoms with Crippen LogP contribution in [0.4, 0.5) is 5.88 Å². The number of methoxy groups -OCH3 is 2. The van der Waals surface area contributed by atoms with Gasteiger partial charge in [-0.15, -0.1) is 0 Å². The van der Waals surface area contributed by atoms with E-state index in [1.165, 1.54) is 0 Å². The van der Waals surface area contributed by atoms with E-state index in [4.69, 9.17) is 18.6 Å². The number of hydrogen-bond acceptors (Lipinski definition) is 7. The summed E-state index contributed by atoms with van der Waals surface area (Å²) in [6, 6.07) is 7.38. The van der Waals surface area contributed by atoms with E-state index >= 15 is 0 Å². The highest BCUT2D eigenvalue weighted by Crippen LogP contribution is 2.33. The predicted molar refractivity (Wildman–Crippen MR) is 87.2 cm³/mol. The largest absolute Gasteiger partial charge is 0.493 e. The monoisotopic (exact) mass is 329 g/mol. The first-order valence-corrected chi connectivity index (χ1v) is 7.74. The lowest BCUT2D eigenvalue weighted by atomic mass is 10.2.